The van der Waals surface area contributed by atoms with E-state index in [2.05, 4.69) is 4.72 Å². The number of hydrogen-bond donors (Lipinski definition) is 2. The first kappa shape index (κ1) is 17.5. The van der Waals surface area contributed by atoms with Gasteiger partial charge in [-0.2, -0.15) is 0 Å². The number of carboxylic acids is 1. The molecule has 21 heavy (non-hydrogen) atoms. The highest BCUT2D eigenvalue weighted by Gasteiger charge is 2.22. The minimum atomic E-state index is -4.15. The standard InChI is InChI=1S/C11H14FNO6S2/c1-7(6-20(2,16)17)13-21(18,19)8-3-4-10(12)9(5-8)11(14)15/h3-5,7,13H,6H2,1-2H3,(H,14,15). The van der Waals surface area contributed by atoms with Gasteiger partial charge in [-0.15, -0.1) is 0 Å². The maximum Gasteiger partial charge on any atom is 0.338 e. The first-order valence-corrected chi connectivity index (χ1v) is 9.19. The van der Waals surface area contributed by atoms with E-state index in [4.69, 9.17) is 5.11 Å². The smallest absolute Gasteiger partial charge is 0.338 e. The van der Waals surface area contributed by atoms with Gasteiger partial charge in [0.15, 0.2) is 0 Å². The second-order valence-electron chi connectivity index (χ2n) is 4.56. The quantitative estimate of drug-likeness (QED) is 0.766. The molecule has 0 aromatic heterocycles. The Hall–Kier alpha value is -1.52. The average molecular weight is 339 g/mol. The lowest BCUT2D eigenvalue weighted by Gasteiger charge is -2.13. The van der Waals surface area contributed by atoms with Gasteiger partial charge in [-0.3, -0.25) is 0 Å². The molecule has 0 heterocycles. The van der Waals surface area contributed by atoms with Gasteiger partial charge in [-0.1, -0.05) is 0 Å². The molecule has 1 aromatic rings. The first-order chi connectivity index (χ1) is 9.42. The van der Waals surface area contributed by atoms with Crippen molar-refractivity contribution in [2.45, 2.75) is 17.9 Å². The average Bonchev–Trinajstić information content (AvgIpc) is 2.24. The van der Waals surface area contributed by atoms with E-state index >= 15 is 0 Å². The summed E-state index contributed by atoms with van der Waals surface area (Å²) < 4.78 is 61.5. The third-order valence-electron chi connectivity index (χ3n) is 2.39. The van der Waals surface area contributed by atoms with Gasteiger partial charge in [0, 0.05) is 12.3 Å². The number of sulfonamides is 1. The van der Waals surface area contributed by atoms with Gasteiger partial charge < -0.3 is 5.11 Å². The van der Waals surface area contributed by atoms with E-state index in [1.807, 2.05) is 0 Å². The zero-order valence-corrected chi connectivity index (χ0v) is 12.8. The van der Waals surface area contributed by atoms with Crippen LogP contribution in [-0.2, 0) is 19.9 Å². The molecule has 118 valence electrons. The Morgan fingerprint density at radius 1 is 1.33 bits per heavy atom. The predicted octanol–water partition coefficient (Wildman–Crippen LogP) is 0.235. The summed E-state index contributed by atoms with van der Waals surface area (Å²) in [5.41, 5.74) is -0.784. The highest BCUT2D eigenvalue weighted by Crippen LogP contribution is 2.15. The van der Waals surface area contributed by atoms with Gasteiger partial charge in [0.25, 0.3) is 0 Å². The largest absolute Gasteiger partial charge is 0.478 e. The summed E-state index contributed by atoms with van der Waals surface area (Å²) in [5.74, 6) is -3.08. The molecule has 0 aliphatic heterocycles. The van der Waals surface area contributed by atoms with Crippen molar-refractivity contribution in [2.75, 3.05) is 12.0 Å². The first-order valence-electron chi connectivity index (χ1n) is 5.65. The minimum Gasteiger partial charge on any atom is -0.478 e. The number of carboxylic acid groups (broad SMARTS) is 1. The molecule has 0 amide bonds. The molecule has 0 bridgehead atoms. The van der Waals surface area contributed by atoms with E-state index in [-0.39, 0.29) is 0 Å². The Bertz CT molecular complexity index is 757. The minimum absolute atomic E-state index is 0.417. The van der Waals surface area contributed by atoms with Crippen molar-refractivity contribution in [1.29, 1.82) is 0 Å². The van der Waals surface area contributed by atoms with Crippen LogP contribution in [0.5, 0.6) is 0 Å². The number of benzene rings is 1. The van der Waals surface area contributed by atoms with Crippen LogP contribution in [-0.4, -0.2) is 46.0 Å². The predicted molar refractivity (Wildman–Crippen MR) is 72.9 cm³/mol. The fraction of sp³-hybridized carbons (Fsp3) is 0.364. The van der Waals surface area contributed by atoms with Crippen molar-refractivity contribution < 1.29 is 31.1 Å². The second kappa shape index (κ2) is 6.08. The molecular formula is C11H14FNO6S2. The van der Waals surface area contributed by atoms with Gasteiger partial charge in [0.1, 0.15) is 15.7 Å². The summed E-state index contributed by atoms with van der Waals surface area (Å²) in [5, 5.41) is 8.76. The lowest BCUT2D eigenvalue weighted by atomic mass is 10.2. The van der Waals surface area contributed by atoms with Crippen LogP contribution in [0.2, 0.25) is 0 Å². The van der Waals surface area contributed by atoms with Crippen LogP contribution >= 0.6 is 0 Å². The molecule has 0 saturated heterocycles. The van der Waals surface area contributed by atoms with Crippen LogP contribution in [0, 0.1) is 5.82 Å². The van der Waals surface area contributed by atoms with E-state index in [0.717, 1.165) is 18.4 Å². The Labute approximate surface area is 121 Å². The highest BCUT2D eigenvalue weighted by molar-refractivity contribution is 7.91. The van der Waals surface area contributed by atoms with Crippen LogP contribution in [0.3, 0.4) is 0 Å². The number of sulfone groups is 1. The highest BCUT2D eigenvalue weighted by atomic mass is 32.2. The van der Waals surface area contributed by atoms with Gasteiger partial charge in [-0.25, -0.2) is 30.7 Å². The van der Waals surface area contributed by atoms with Gasteiger partial charge >= 0.3 is 5.97 Å². The van der Waals surface area contributed by atoms with Crippen molar-refractivity contribution >= 4 is 25.8 Å². The second-order valence-corrected chi connectivity index (χ2v) is 8.46. The van der Waals surface area contributed by atoms with Crippen molar-refractivity contribution in [2.24, 2.45) is 0 Å². The summed E-state index contributed by atoms with van der Waals surface area (Å²) in [6.45, 7) is 1.35. The molecule has 0 radical (unpaired) electrons. The van der Waals surface area contributed by atoms with Crippen LogP contribution in [0.25, 0.3) is 0 Å². The molecule has 10 heteroatoms. The normalized spacial score (nSPS) is 13.9. The molecular weight excluding hydrogens is 325 g/mol. The van der Waals surface area contributed by atoms with E-state index < -0.39 is 53.9 Å². The maximum absolute atomic E-state index is 13.2. The molecule has 0 fully saturated rings. The van der Waals surface area contributed by atoms with E-state index in [9.17, 15) is 26.0 Å². The maximum atomic E-state index is 13.2. The van der Waals surface area contributed by atoms with Crippen molar-refractivity contribution in [3.63, 3.8) is 0 Å². The van der Waals surface area contributed by atoms with Crippen LogP contribution in [0.15, 0.2) is 23.1 Å². The van der Waals surface area contributed by atoms with Crippen molar-refractivity contribution in [1.82, 2.24) is 4.72 Å². The molecule has 2 N–H and O–H groups in total. The third kappa shape index (κ3) is 5.06. The molecule has 0 aliphatic rings. The lowest BCUT2D eigenvalue weighted by molar-refractivity contribution is 0.0691. The summed E-state index contributed by atoms with van der Waals surface area (Å²) in [6.07, 6.45) is 0.957. The van der Waals surface area contributed by atoms with Gasteiger partial charge in [0.2, 0.25) is 10.0 Å². The Kier molecular flexibility index (Phi) is 5.07. The third-order valence-corrected chi connectivity index (χ3v) is 5.08. The summed E-state index contributed by atoms with van der Waals surface area (Å²) in [4.78, 5) is 10.3. The van der Waals surface area contributed by atoms with Crippen LogP contribution in [0.4, 0.5) is 4.39 Å². The molecule has 7 nitrogen and oxygen atoms in total. The fourth-order valence-electron chi connectivity index (χ4n) is 1.66. The SMILES string of the molecule is CC(CS(C)(=O)=O)NS(=O)(=O)c1ccc(F)c(C(=O)O)c1. The molecule has 0 aliphatic carbocycles. The van der Waals surface area contributed by atoms with Crippen LogP contribution < -0.4 is 4.72 Å². The van der Waals surface area contributed by atoms with Crippen molar-refractivity contribution in [3.8, 4) is 0 Å². The topological polar surface area (TPSA) is 118 Å². The number of carbonyl (C=O) groups is 1. The Morgan fingerprint density at radius 2 is 1.90 bits per heavy atom. The molecule has 1 aromatic carbocycles. The number of hydrogen-bond acceptors (Lipinski definition) is 5. The van der Waals surface area contributed by atoms with Gasteiger partial charge in [-0.05, 0) is 25.1 Å². The van der Waals surface area contributed by atoms with Crippen molar-refractivity contribution in [3.05, 3.63) is 29.6 Å². The zero-order valence-electron chi connectivity index (χ0n) is 11.2. The Morgan fingerprint density at radius 3 is 2.38 bits per heavy atom. The molecule has 1 rings (SSSR count). The van der Waals surface area contributed by atoms with E-state index in [0.29, 0.717) is 6.07 Å². The summed E-state index contributed by atoms with van der Waals surface area (Å²) in [6, 6.07) is 1.38. The van der Waals surface area contributed by atoms with E-state index in [1.54, 1.807) is 0 Å². The fourth-order valence-corrected chi connectivity index (χ4v) is 4.02. The number of halogens is 1. The number of rotatable bonds is 6. The number of aromatic carboxylic acids is 1. The molecule has 0 spiro atoms. The zero-order chi connectivity index (χ0) is 16.4. The van der Waals surface area contributed by atoms with Gasteiger partial charge in [0.05, 0.1) is 16.2 Å². The molecule has 0 saturated carbocycles. The summed E-state index contributed by atoms with van der Waals surface area (Å²) >= 11 is 0. The monoisotopic (exact) mass is 339 g/mol. The summed E-state index contributed by atoms with van der Waals surface area (Å²) in [7, 11) is -7.54. The van der Waals surface area contributed by atoms with E-state index in [1.165, 1.54) is 6.92 Å². The molecule has 1 atom stereocenters. The molecule has 1 unspecified atom stereocenters. The number of nitrogens with one attached hydrogen (secondary N) is 1. The Balaban J connectivity index is 3.09. The van der Waals surface area contributed by atoms with Crippen LogP contribution in [0.1, 0.15) is 17.3 Å². The lowest BCUT2D eigenvalue weighted by Crippen LogP contribution is -2.37.